The van der Waals surface area contributed by atoms with E-state index in [9.17, 15) is 14.7 Å². The third-order valence-electron chi connectivity index (χ3n) is 4.91. The smallest absolute Gasteiger partial charge is 0.294 e. The second-order valence-corrected chi connectivity index (χ2v) is 7.33. The lowest BCUT2D eigenvalue weighted by Crippen LogP contribution is -2.32. The lowest BCUT2D eigenvalue weighted by Gasteiger charge is -2.28. The number of aromatic nitrogens is 1. The third kappa shape index (κ3) is 3.37. The van der Waals surface area contributed by atoms with Crippen molar-refractivity contribution in [1.82, 2.24) is 4.98 Å². The van der Waals surface area contributed by atoms with E-state index in [0.717, 1.165) is 11.1 Å². The highest BCUT2D eigenvalue weighted by Gasteiger charge is 2.45. The highest BCUT2D eigenvalue weighted by atomic mass is 16.3. The topological polar surface area (TPSA) is 70.5 Å². The zero-order valence-electron chi connectivity index (χ0n) is 16.1. The number of carbonyl (C=O) groups is 2. The first-order chi connectivity index (χ1) is 12.8. The van der Waals surface area contributed by atoms with E-state index in [0.29, 0.717) is 11.4 Å². The Balaban J connectivity index is 2.18. The fourth-order valence-electron chi connectivity index (χ4n) is 3.43. The highest BCUT2D eigenvalue weighted by Crippen LogP contribution is 2.42. The maximum absolute atomic E-state index is 13.0. The van der Waals surface area contributed by atoms with Crippen LogP contribution in [0.5, 0.6) is 0 Å². The number of aliphatic hydroxyl groups excluding tert-OH is 1. The van der Waals surface area contributed by atoms with Crippen LogP contribution in [0.1, 0.15) is 43.1 Å². The number of amides is 1. The molecule has 5 heteroatoms. The van der Waals surface area contributed by atoms with E-state index < -0.39 is 17.7 Å². The van der Waals surface area contributed by atoms with Crippen LogP contribution in [0.3, 0.4) is 0 Å². The summed E-state index contributed by atoms with van der Waals surface area (Å²) in [6.45, 7) is 7.76. The second-order valence-electron chi connectivity index (χ2n) is 7.33. The van der Waals surface area contributed by atoms with Gasteiger partial charge in [-0.3, -0.25) is 19.5 Å². The minimum atomic E-state index is -0.731. The van der Waals surface area contributed by atoms with Gasteiger partial charge in [-0.2, -0.15) is 0 Å². The van der Waals surface area contributed by atoms with Crippen molar-refractivity contribution < 1.29 is 14.7 Å². The molecule has 1 aromatic heterocycles. The maximum Gasteiger partial charge on any atom is 0.294 e. The summed E-state index contributed by atoms with van der Waals surface area (Å²) < 4.78 is 0. The molecule has 27 heavy (non-hydrogen) atoms. The molecule has 2 aromatic rings. The first-order valence-electron chi connectivity index (χ1n) is 9.10. The van der Waals surface area contributed by atoms with Crippen LogP contribution in [0.2, 0.25) is 0 Å². The van der Waals surface area contributed by atoms with Crippen molar-refractivity contribution in [3.05, 3.63) is 70.7 Å². The Labute approximate surface area is 159 Å². The van der Waals surface area contributed by atoms with Crippen molar-refractivity contribution in [3.63, 3.8) is 0 Å². The molecule has 0 spiro atoms. The van der Waals surface area contributed by atoms with Gasteiger partial charge in [-0.1, -0.05) is 32.0 Å². The Morgan fingerprint density at radius 1 is 1.19 bits per heavy atom. The molecule has 1 aromatic carbocycles. The van der Waals surface area contributed by atoms with Gasteiger partial charge in [0.2, 0.25) is 0 Å². The number of carbonyl (C=O) groups excluding carboxylic acids is 2. The first kappa shape index (κ1) is 18.8. The Morgan fingerprint density at radius 2 is 1.93 bits per heavy atom. The van der Waals surface area contributed by atoms with Gasteiger partial charge in [0.05, 0.1) is 11.3 Å². The molecule has 1 N–H and O–H groups in total. The number of aliphatic hydroxyl groups is 1. The van der Waals surface area contributed by atoms with Crippen molar-refractivity contribution in [2.45, 2.75) is 40.2 Å². The fraction of sp³-hybridized carbons (Fsp3) is 0.318. The number of aryl methyl sites for hydroxylation is 1. The summed E-state index contributed by atoms with van der Waals surface area (Å²) in [5.74, 6) is -1.14. The van der Waals surface area contributed by atoms with Crippen molar-refractivity contribution in [2.24, 2.45) is 5.92 Å². The first-order valence-corrected chi connectivity index (χ1v) is 9.10. The molecule has 0 saturated heterocycles. The number of rotatable bonds is 5. The number of hydrogen-bond acceptors (Lipinski definition) is 4. The van der Waals surface area contributed by atoms with E-state index >= 15 is 0 Å². The molecule has 1 aliphatic heterocycles. The van der Waals surface area contributed by atoms with Gasteiger partial charge in [0.25, 0.3) is 5.91 Å². The number of ketones is 1. The van der Waals surface area contributed by atoms with Crippen LogP contribution < -0.4 is 4.90 Å². The summed E-state index contributed by atoms with van der Waals surface area (Å²) >= 11 is 0. The van der Waals surface area contributed by atoms with E-state index in [1.807, 2.05) is 52.0 Å². The van der Waals surface area contributed by atoms with Gasteiger partial charge >= 0.3 is 0 Å². The molecular formula is C22H24N2O3. The van der Waals surface area contributed by atoms with Gasteiger partial charge in [0.1, 0.15) is 6.04 Å². The summed E-state index contributed by atoms with van der Waals surface area (Å²) in [5.41, 5.74) is 3.32. The van der Waals surface area contributed by atoms with Gasteiger partial charge in [0.15, 0.2) is 11.5 Å². The predicted octanol–water partition coefficient (Wildman–Crippen LogP) is 4.21. The predicted molar refractivity (Wildman–Crippen MR) is 104 cm³/mol. The lowest BCUT2D eigenvalue weighted by molar-refractivity contribution is -0.118. The molecule has 5 nitrogen and oxygen atoms in total. The van der Waals surface area contributed by atoms with Crippen LogP contribution >= 0.6 is 0 Å². The van der Waals surface area contributed by atoms with Gasteiger partial charge in [-0.15, -0.1) is 0 Å². The van der Waals surface area contributed by atoms with E-state index in [-0.39, 0.29) is 23.7 Å². The lowest BCUT2D eigenvalue weighted by atomic mass is 9.94. The second kappa shape index (κ2) is 7.35. The molecule has 3 rings (SSSR count). The molecule has 1 amide bonds. The number of hydrogen-bond donors (Lipinski definition) is 1. The summed E-state index contributed by atoms with van der Waals surface area (Å²) in [5, 5.41) is 10.6. The fourth-order valence-corrected chi connectivity index (χ4v) is 3.43. The summed E-state index contributed by atoms with van der Waals surface area (Å²) in [6.07, 6.45) is 1.89. The summed E-state index contributed by atoms with van der Waals surface area (Å²) in [7, 11) is 0. The number of benzene rings is 1. The Morgan fingerprint density at radius 3 is 2.56 bits per heavy atom. The molecule has 1 unspecified atom stereocenters. The normalized spacial score (nSPS) is 17.1. The maximum atomic E-state index is 13.0. The van der Waals surface area contributed by atoms with Gasteiger partial charge in [-0.05, 0) is 49.1 Å². The molecule has 0 fully saturated rings. The zero-order valence-corrected chi connectivity index (χ0v) is 16.1. The van der Waals surface area contributed by atoms with E-state index in [2.05, 4.69) is 4.98 Å². The van der Waals surface area contributed by atoms with Crippen molar-refractivity contribution in [1.29, 1.82) is 0 Å². The number of Topliss-reactive ketones (excluding diaryl/α,β-unsaturated/α-hetero) is 1. The largest absolute Gasteiger partial charge is 0.503 e. The Bertz CT molecular complexity index is 916. The van der Waals surface area contributed by atoms with Crippen LogP contribution in [-0.4, -0.2) is 21.8 Å². The Hall–Kier alpha value is -2.95. The monoisotopic (exact) mass is 364 g/mol. The molecule has 2 heterocycles. The van der Waals surface area contributed by atoms with Gasteiger partial charge in [-0.25, -0.2) is 0 Å². The summed E-state index contributed by atoms with van der Waals surface area (Å²) in [4.78, 5) is 31.8. The van der Waals surface area contributed by atoms with Crippen LogP contribution in [0.4, 0.5) is 5.69 Å². The third-order valence-corrected chi connectivity index (χ3v) is 4.91. The van der Waals surface area contributed by atoms with Gasteiger partial charge < -0.3 is 5.11 Å². The minimum absolute atomic E-state index is 0.118. The van der Waals surface area contributed by atoms with E-state index in [1.54, 1.807) is 18.3 Å². The molecule has 1 atom stereocenters. The van der Waals surface area contributed by atoms with E-state index in [1.165, 1.54) is 4.90 Å². The van der Waals surface area contributed by atoms with Crippen molar-refractivity contribution in [3.8, 4) is 0 Å². The molecule has 140 valence electrons. The molecule has 0 bridgehead atoms. The van der Waals surface area contributed by atoms with Crippen LogP contribution in [0, 0.1) is 19.8 Å². The average Bonchev–Trinajstić information content (AvgIpc) is 2.89. The number of nitrogens with zero attached hydrogens (tertiary/aromatic N) is 2. The number of pyridine rings is 1. The highest BCUT2D eigenvalue weighted by molar-refractivity contribution is 6.16. The quantitative estimate of drug-likeness (QED) is 0.862. The standard InChI is InChI=1S/C22H24N2O3/c1-13(2)12-18(25)19-20(16-9-5-6-11-23-16)24(22(27)21(19)26)17-10-7-8-14(3)15(17)4/h5-11,13,20,26H,12H2,1-4H3. The zero-order chi connectivity index (χ0) is 19.7. The van der Waals surface area contributed by atoms with E-state index in [4.69, 9.17) is 0 Å². The average molecular weight is 364 g/mol. The van der Waals surface area contributed by atoms with Gasteiger partial charge in [0, 0.05) is 18.3 Å². The van der Waals surface area contributed by atoms with Crippen LogP contribution in [0.25, 0.3) is 0 Å². The molecule has 0 radical (unpaired) electrons. The van der Waals surface area contributed by atoms with Crippen molar-refractivity contribution in [2.75, 3.05) is 4.90 Å². The molecular weight excluding hydrogens is 340 g/mol. The summed E-state index contributed by atoms with van der Waals surface area (Å²) in [6, 6.07) is 10.3. The number of anilines is 1. The SMILES string of the molecule is Cc1cccc(N2C(=O)C(O)=C(C(=O)CC(C)C)C2c2ccccn2)c1C. The van der Waals surface area contributed by atoms with Crippen molar-refractivity contribution >= 4 is 17.4 Å². The molecule has 0 aliphatic carbocycles. The molecule has 0 saturated carbocycles. The van der Waals surface area contributed by atoms with Crippen LogP contribution in [0.15, 0.2) is 53.9 Å². The Kier molecular flexibility index (Phi) is 5.13. The minimum Gasteiger partial charge on any atom is -0.503 e. The molecule has 1 aliphatic rings. The van der Waals surface area contributed by atoms with Crippen LogP contribution in [-0.2, 0) is 9.59 Å².